The number of anilines is 1. The van der Waals surface area contributed by atoms with Gasteiger partial charge in [-0.05, 0) is 73.4 Å². The van der Waals surface area contributed by atoms with Gasteiger partial charge in [0.25, 0.3) is 0 Å². The zero-order valence-electron chi connectivity index (χ0n) is 17.1. The van der Waals surface area contributed by atoms with Gasteiger partial charge in [-0.2, -0.15) is 4.80 Å². The average Bonchev–Trinajstić information content (AvgIpc) is 3.41. The monoisotopic (exact) mass is 400 g/mol. The Morgan fingerprint density at radius 1 is 1.13 bits per heavy atom. The summed E-state index contributed by atoms with van der Waals surface area (Å²) in [6.45, 7) is 4.13. The predicted octanol–water partition coefficient (Wildman–Crippen LogP) is 5.32. The number of nitrogens with zero attached hydrogens (tertiary/aromatic N) is 3. The molecule has 0 radical (unpaired) electrons. The summed E-state index contributed by atoms with van der Waals surface area (Å²) in [5.41, 5.74) is 5.37. The van der Waals surface area contributed by atoms with E-state index in [0.29, 0.717) is 11.4 Å². The molecule has 0 fully saturated rings. The average molecular weight is 400 g/mol. The van der Waals surface area contributed by atoms with Crippen molar-refractivity contribution in [2.45, 2.75) is 33.1 Å². The van der Waals surface area contributed by atoms with Crippen LogP contribution in [-0.2, 0) is 11.2 Å². The van der Waals surface area contributed by atoms with Gasteiger partial charge in [-0.3, -0.25) is 4.79 Å². The van der Waals surface area contributed by atoms with Gasteiger partial charge in [0.2, 0.25) is 5.91 Å². The molecule has 0 saturated carbocycles. The summed E-state index contributed by atoms with van der Waals surface area (Å²) in [5.74, 6) is 0.393. The number of unbranched alkanes of at least 4 members (excludes halogenated alkanes) is 1. The lowest BCUT2D eigenvalue weighted by atomic mass is 10.1. The van der Waals surface area contributed by atoms with Gasteiger partial charge in [0.15, 0.2) is 0 Å². The van der Waals surface area contributed by atoms with Gasteiger partial charge in [0, 0.05) is 11.8 Å². The molecule has 0 atom stereocenters. The van der Waals surface area contributed by atoms with Gasteiger partial charge in [-0.1, -0.05) is 25.5 Å². The van der Waals surface area contributed by atoms with Crippen molar-refractivity contribution in [3.63, 3.8) is 0 Å². The molecule has 2 aromatic heterocycles. The van der Waals surface area contributed by atoms with E-state index in [9.17, 15) is 4.79 Å². The standard InChI is InChI=1S/C24H24N4O2/c1-3-4-6-18-8-10-19(11-9-18)28-26-22-15-17(2)21(16-23(22)27-28)25-24(29)13-12-20-7-5-14-30-20/h5,7-16H,3-4,6H2,1-2H3,(H,25,29)/b13-12+. The van der Waals surface area contributed by atoms with Crippen LogP contribution in [0.1, 0.15) is 36.7 Å². The normalized spacial score (nSPS) is 11.4. The summed E-state index contributed by atoms with van der Waals surface area (Å²) in [7, 11) is 0. The Bertz CT molecular complexity index is 1170. The molecule has 2 heterocycles. The topological polar surface area (TPSA) is 73.0 Å². The second kappa shape index (κ2) is 8.78. The minimum Gasteiger partial charge on any atom is -0.465 e. The van der Waals surface area contributed by atoms with Crippen molar-refractivity contribution in [1.29, 1.82) is 0 Å². The largest absolute Gasteiger partial charge is 0.465 e. The number of hydrogen-bond donors (Lipinski definition) is 1. The molecular formula is C24H24N4O2. The van der Waals surface area contributed by atoms with Crippen LogP contribution in [-0.4, -0.2) is 20.9 Å². The molecule has 1 amide bonds. The third-order valence-corrected chi connectivity index (χ3v) is 4.91. The Hall–Kier alpha value is -3.67. The van der Waals surface area contributed by atoms with E-state index < -0.39 is 0 Å². The van der Waals surface area contributed by atoms with Crippen LogP contribution in [0.25, 0.3) is 22.8 Å². The summed E-state index contributed by atoms with van der Waals surface area (Å²) in [5, 5.41) is 12.1. The van der Waals surface area contributed by atoms with Crippen LogP contribution in [0.2, 0.25) is 0 Å². The van der Waals surface area contributed by atoms with E-state index in [1.54, 1.807) is 29.3 Å². The molecule has 0 saturated heterocycles. The first-order chi connectivity index (χ1) is 14.6. The highest BCUT2D eigenvalue weighted by Crippen LogP contribution is 2.22. The lowest BCUT2D eigenvalue weighted by molar-refractivity contribution is -0.111. The maximum atomic E-state index is 12.2. The van der Waals surface area contributed by atoms with E-state index in [4.69, 9.17) is 4.42 Å². The number of aryl methyl sites for hydroxylation is 2. The van der Waals surface area contributed by atoms with Crippen LogP contribution >= 0.6 is 0 Å². The van der Waals surface area contributed by atoms with Gasteiger partial charge < -0.3 is 9.73 Å². The van der Waals surface area contributed by atoms with E-state index in [0.717, 1.165) is 28.7 Å². The molecule has 0 aliphatic carbocycles. The zero-order valence-corrected chi connectivity index (χ0v) is 17.1. The van der Waals surface area contributed by atoms with Crippen molar-refractivity contribution in [3.8, 4) is 5.69 Å². The van der Waals surface area contributed by atoms with Crippen LogP contribution < -0.4 is 5.32 Å². The maximum absolute atomic E-state index is 12.2. The second-order valence-electron chi connectivity index (χ2n) is 7.25. The summed E-state index contributed by atoms with van der Waals surface area (Å²) in [6.07, 6.45) is 8.10. The van der Waals surface area contributed by atoms with Crippen molar-refractivity contribution in [2.75, 3.05) is 5.32 Å². The minimum absolute atomic E-state index is 0.232. The highest BCUT2D eigenvalue weighted by molar-refractivity contribution is 6.03. The number of amides is 1. The predicted molar refractivity (Wildman–Crippen MR) is 119 cm³/mol. The van der Waals surface area contributed by atoms with Crippen molar-refractivity contribution in [1.82, 2.24) is 15.0 Å². The fourth-order valence-electron chi connectivity index (χ4n) is 3.21. The number of benzene rings is 2. The van der Waals surface area contributed by atoms with E-state index in [-0.39, 0.29) is 5.91 Å². The molecule has 30 heavy (non-hydrogen) atoms. The molecule has 4 rings (SSSR count). The van der Waals surface area contributed by atoms with Gasteiger partial charge in [-0.25, -0.2) is 0 Å². The van der Waals surface area contributed by atoms with E-state index in [1.807, 2.05) is 31.2 Å². The highest BCUT2D eigenvalue weighted by Gasteiger charge is 2.10. The molecular weight excluding hydrogens is 376 g/mol. The Morgan fingerprint density at radius 2 is 1.90 bits per heavy atom. The SMILES string of the molecule is CCCCc1ccc(-n2nc3cc(C)c(NC(=O)/C=C/c4ccco4)cc3n2)cc1. The van der Waals surface area contributed by atoms with Gasteiger partial charge in [-0.15, -0.1) is 10.2 Å². The molecule has 6 nitrogen and oxygen atoms in total. The number of rotatable bonds is 7. The third kappa shape index (κ3) is 4.49. The van der Waals surface area contributed by atoms with E-state index >= 15 is 0 Å². The Kier molecular flexibility index (Phi) is 5.75. The van der Waals surface area contributed by atoms with Crippen LogP contribution in [0.4, 0.5) is 5.69 Å². The number of furan rings is 1. The second-order valence-corrected chi connectivity index (χ2v) is 7.25. The third-order valence-electron chi connectivity index (χ3n) is 4.91. The molecule has 2 aromatic carbocycles. The number of aromatic nitrogens is 3. The molecule has 0 spiro atoms. The molecule has 152 valence electrons. The van der Waals surface area contributed by atoms with Crippen molar-refractivity contribution < 1.29 is 9.21 Å². The number of fused-ring (bicyclic) bond motifs is 1. The summed E-state index contributed by atoms with van der Waals surface area (Å²) < 4.78 is 5.20. The van der Waals surface area contributed by atoms with Crippen molar-refractivity contribution in [3.05, 3.63) is 77.8 Å². The zero-order chi connectivity index (χ0) is 20.9. The minimum atomic E-state index is -0.232. The van der Waals surface area contributed by atoms with Crippen LogP contribution in [0.15, 0.2) is 65.3 Å². The molecule has 4 aromatic rings. The van der Waals surface area contributed by atoms with E-state index in [1.165, 1.54) is 24.5 Å². The van der Waals surface area contributed by atoms with Gasteiger partial charge in [0.05, 0.1) is 12.0 Å². The number of nitrogens with one attached hydrogen (secondary N) is 1. The Labute approximate surface area is 175 Å². The molecule has 1 N–H and O–H groups in total. The quantitative estimate of drug-likeness (QED) is 0.426. The first-order valence-corrected chi connectivity index (χ1v) is 10.1. The number of carbonyl (C=O) groups is 1. The Balaban J connectivity index is 1.53. The van der Waals surface area contributed by atoms with Crippen molar-refractivity contribution in [2.24, 2.45) is 0 Å². The van der Waals surface area contributed by atoms with Crippen LogP contribution in [0.5, 0.6) is 0 Å². The lowest BCUT2D eigenvalue weighted by Gasteiger charge is -2.05. The molecule has 0 aliphatic heterocycles. The Morgan fingerprint density at radius 3 is 2.60 bits per heavy atom. The summed E-state index contributed by atoms with van der Waals surface area (Å²) in [4.78, 5) is 13.9. The van der Waals surface area contributed by atoms with Crippen molar-refractivity contribution >= 4 is 28.7 Å². The fraction of sp³-hybridized carbons (Fsp3) is 0.208. The lowest BCUT2D eigenvalue weighted by Crippen LogP contribution is -2.08. The maximum Gasteiger partial charge on any atom is 0.248 e. The van der Waals surface area contributed by atoms with Gasteiger partial charge >= 0.3 is 0 Å². The fourth-order valence-corrected chi connectivity index (χ4v) is 3.21. The number of carbonyl (C=O) groups excluding carboxylic acids is 1. The smallest absolute Gasteiger partial charge is 0.248 e. The van der Waals surface area contributed by atoms with Crippen LogP contribution in [0, 0.1) is 6.92 Å². The molecule has 0 unspecified atom stereocenters. The summed E-state index contributed by atoms with van der Waals surface area (Å²) in [6, 6.07) is 15.7. The first-order valence-electron chi connectivity index (χ1n) is 10.1. The molecule has 6 heteroatoms. The highest BCUT2D eigenvalue weighted by atomic mass is 16.3. The number of hydrogen-bond acceptors (Lipinski definition) is 4. The van der Waals surface area contributed by atoms with Crippen LogP contribution in [0.3, 0.4) is 0 Å². The summed E-state index contributed by atoms with van der Waals surface area (Å²) >= 11 is 0. The van der Waals surface area contributed by atoms with E-state index in [2.05, 4.69) is 34.6 Å². The molecule has 0 aliphatic rings. The first kappa shape index (κ1) is 19.6. The molecule has 0 bridgehead atoms. The van der Waals surface area contributed by atoms with Gasteiger partial charge in [0.1, 0.15) is 16.8 Å².